The smallest absolute Gasteiger partial charge is 0.251 e. The van der Waals surface area contributed by atoms with Crippen molar-refractivity contribution in [2.75, 3.05) is 13.2 Å². The summed E-state index contributed by atoms with van der Waals surface area (Å²) in [5.41, 5.74) is 2.71. The first-order chi connectivity index (χ1) is 16.7. The van der Waals surface area contributed by atoms with Crippen molar-refractivity contribution in [3.05, 3.63) is 96.3 Å². The highest BCUT2D eigenvalue weighted by Gasteiger charge is 2.11. The maximum absolute atomic E-state index is 13.6. The molecule has 0 radical (unpaired) electrons. The van der Waals surface area contributed by atoms with E-state index in [0.29, 0.717) is 41.6 Å². The highest BCUT2D eigenvalue weighted by molar-refractivity contribution is 5.94. The van der Waals surface area contributed by atoms with Crippen molar-refractivity contribution >= 4 is 11.6 Å². The average Bonchev–Trinajstić information content (AvgIpc) is 3.52. The fourth-order valence-corrected chi connectivity index (χ4v) is 3.43. The van der Waals surface area contributed by atoms with Crippen LogP contribution in [0.2, 0.25) is 0 Å². The lowest BCUT2D eigenvalue weighted by molar-refractivity contribution is 0.0946. The van der Waals surface area contributed by atoms with E-state index in [2.05, 4.69) is 25.6 Å². The Bertz CT molecular complexity index is 1420. The average molecular weight is 457 g/mol. The van der Waals surface area contributed by atoms with Crippen molar-refractivity contribution in [3.63, 3.8) is 0 Å². The molecule has 34 heavy (non-hydrogen) atoms. The lowest BCUT2D eigenvalue weighted by Crippen LogP contribution is -2.28. The van der Waals surface area contributed by atoms with Gasteiger partial charge in [-0.3, -0.25) is 4.79 Å². The number of benzene rings is 2. The molecule has 0 aliphatic heterocycles. The molecule has 3 aromatic heterocycles. The second kappa shape index (κ2) is 9.49. The summed E-state index contributed by atoms with van der Waals surface area (Å²) in [4.78, 5) is 16.4. The molecule has 10 heteroatoms. The quantitative estimate of drug-likeness (QED) is 0.360. The maximum Gasteiger partial charge on any atom is 0.251 e. The number of rotatable bonds is 8. The number of carbonyl (C=O) groups is 1. The summed E-state index contributed by atoms with van der Waals surface area (Å²) in [6, 6.07) is 16.8. The molecule has 0 aliphatic rings. The number of halogens is 1. The van der Waals surface area contributed by atoms with Crippen molar-refractivity contribution in [1.29, 1.82) is 0 Å². The predicted molar refractivity (Wildman–Crippen MR) is 122 cm³/mol. The van der Waals surface area contributed by atoms with Crippen LogP contribution in [0.25, 0.3) is 17.0 Å². The molecule has 0 fully saturated rings. The van der Waals surface area contributed by atoms with E-state index >= 15 is 0 Å². The van der Waals surface area contributed by atoms with Crippen LogP contribution in [0.15, 0.2) is 79.4 Å². The Balaban J connectivity index is 1.16. The van der Waals surface area contributed by atoms with Gasteiger partial charge in [-0.1, -0.05) is 24.3 Å². The number of nitrogens with one attached hydrogen (secondary N) is 1. The van der Waals surface area contributed by atoms with Gasteiger partial charge in [-0.05, 0) is 35.9 Å². The summed E-state index contributed by atoms with van der Waals surface area (Å²) in [5, 5.41) is 15.4. The van der Waals surface area contributed by atoms with E-state index in [1.54, 1.807) is 48.9 Å². The molecule has 9 nitrogen and oxygen atoms in total. The second-order valence-corrected chi connectivity index (χ2v) is 7.51. The SMILES string of the molecule is O=C(NCCOc1ccc2nnc(-c3cccc(F)c3)n2n1)c1ccc(Cn2ccnc2)cc1. The van der Waals surface area contributed by atoms with Crippen LogP contribution in [0.4, 0.5) is 4.39 Å². The van der Waals surface area contributed by atoms with Crippen LogP contribution in [0.3, 0.4) is 0 Å². The van der Waals surface area contributed by atoms with Crippen LogP contribution in [-0.4, -0.2) is 48.4 Å². The van der Waals surface area contributed by atoms with Gasteiger partial charge in [-0.25, -0.2) is 9.37 Å². The molecule has 5 rings (SSSR count). The van der Waals surface area contributed by atoms with E-state index in [-0.39, 0.29) is 18.3 Å². The fourth-order valence-electron chi connectivity index (χ4n) is 3.43. The monoisotopic (exact) mass is 457 g/mol. The Morgan fingerprint density at radius 3 is 2.74 bits per heavy atom. The number of carbonyl (C=O) groups excluding carboxylic acids is 1. The zero-order chi connectivity index (χ0) is 23.3. The van der Waals surface area contributed by atoms with E-state index in [4.69, 9.17) is 4.74 Å². The number of ether oxygens (including phenoxy) is 1. The highest BCUT2D eigenvalue weighted by Crippen LogP contribution is 2.19. The number of nitrogens with zero attached hydrogens (tertiary/aromatic N) is 6. The Labute approximate surface area is 193 Å². The van der Waals surface area contributed by atoms with Gasteiger partial charge in [0.2, 0.25) is 5.88 Å². The molecular formula is C24H20FN7O2. The van der Waals surface area contributed by atoms with Crippen LogP contribution >= 0.6 is 0 Å². The van der Waals surface area contributed by atoms with E-state index < -0.39 is 0 Å². The van der Waals surface area contributed by atoms with Gasteiger partial charge in [0.1, 0.15) is 12.4 Å². The standard InChI is InChI=1S/C24H20FN7O2/c25-20-3-1-2-19(14-20)23-29-28-21-8-9-22(30-32(21)23)34-13-11-27-24(33)18-6-4-17(5-7-18)15-31-12-10-26-16-31/h1-10,12,14,16H,11,13,15H2,(H,27,33). The third-order valence-electron chi connectivity index (χ3n) is 5.10. The van der Waals surface area contributed by atoms with E-state index in [9.17, 15) is 9.18 Å². The van der Waals surface area contributed by atoms with Crippen molar-refractivity contribution in [2.24, 2.45) is 0 Å². The molecule has 0 unspecified atom stereocenters. The van der Waals surface area contributed by atoms with Gasteiger partial charge in [0, 0.05) is 36.1 Å². The van der Waals surface area contributed by atoms with Gasteiger partial charge in [-0.2, -0.15) is 4.52 Å². The molecule has 0 atom stereocenters. The molecule has 1 N–H and O–H groups in total. The first-order valence-electron chi connectivity index (χ1n) is 10.6. The Kier molecular flexibility index (Phi) is 5.93. The summed E-state index contributed by atoms with van der Waals surface area (Å²) in [6.07, 6.45) is 5.37. The summed E-state index contributed by atoms with van der Waals surface area (Å²) in [6.45, 7) is 1.22. The van der Waals surface area contributed by atoms with Crippen LogP contribution in [0.5, 0.6) is 5.88 Å². The number of fused-ring (bicyclic) bond motifs is 1. The molecule has 170 valence electrons. The van der Waals surface area contributed by atoms with Gasteiger partial charge >= 0.3 is 0 Å². The third-order valence-corrected chi connectivity index (χ3v) is 5.10. The Morgan fingerprint density at radius 1 is 1.06 bits per heavy atom. The highest BCUT2D eigenvalue weighted by atomic mass is 19.1. The van der Waals surface area contributed by atoms with Crippen LogP contribution < -0.4 is 10.1 Å². The molecule has 3 heterocycles. The van der Waals surface area contributed by atoms with Gasteiger partial charge in [-0.15, -0.1) is 15.3 Å². The van der Waals surface area contributed by atoms with Crippen LogP contribution in [0, 0.1) is 5.82 Å². The molecular weight excluding hydrogens is 437 g/mol. The molecule has 5 aromatic rings. The minimum absolute atomic E-state index is 0.187. The minimum atomic E-state index is -0.370. The van der Waals surface area contributed by atoms with Crippen LogP contribution in [-0.2, 0) is 6.54 Å². The summed E-state index contributed by atoms with van der Waals surface area (Å²) in [7, 11) is 0. The van der Waals surface area contributed by atoms with E-state index in [1.807, 2.05) is 22.9 Å². The normalized spacial score (nSPS) is 11.0. The fraction of sp³-hybridized carbons (Fsp3) is 0.125. The first kappa shape index (κ1) is 21.3. The Morgan fingerprint density at radius 2 is 1.94 bits per heavy atom. The first-order valence-corrected chi connectivity index (χ1v) is 10.6. The molecule has 0 saturated carbocycles. The summed E-state index contributed by atoms with van der Waals surface area (Å²) < 4.78 is 22.7. The second-order valence-electron chi connectivity index (χ2n) is 7.51. The number of amides is 1. The molecule has 0 aliphatic carbocycles. The molecule has 0 saturated heterocycles. The number of hydrogen-bond acceptors (Lipinski definition) is 6. The van der Waals surface area contributed by atoms with Crippen molar-refractivity contribution in [1.82, 2.24) is 34.7 Å². The lowest BCUT2D eigenvalue weighted by atomic mass is 10.1. The number of imidazole rings is 1. The molecule has 0 bridgehead atoms. The van der Waals surface area contributed by atoms with Crippen molar-refractivity contribution in [3.8, 4) is 17.3 Å². The van der Waals surface area contributed by atoms with E-state index in [1.165, 1.54) is 16.6 Å². The maximum atomic E-state index is 13.6. The van der Waals surface area contributed by atoms with Crippen molar-refractivity contribution < 1.29 is 13.9 Å². The zero-order valence-corrected chi connectivity index (χ0v) is 18.0. The van der Waals surface area contributed by atoms with Gasteiger partial charge in [0.25, 0.3) is 5.91 Å². The van der Waals surface area contributed by atoms with Gasteiger partial charge in [0.15, 0.2) is 11.5 Å². The lowest BCUT2D eigenvalue weighted by Gasteiger charge is -2.08. The van der Waals surface area contributed by atoms with Gasteiger partial charge < -0.3 is 14.6 Å². The molecule has 2 aromatic carbocycles. The van der Waals surface area contributed by atoms with Gasteiger partial charge in [0.05, 0.1) is 12.9 Å². The van der Waals surface area contributed by atoms with Crippen LogP contribution in [0.1, 0.15) is 15.9 Å². The summed E-state index contributed by atoms with van der Waals surface area (Å²) in [5.74, 6) is 0.187. The van der Waals surface area contributed by atoms with Crippen molar-refractivity contribution in [2.45, 2.75) is 6.54 Å². The zero-order valence-electron chi connectivity index (χ0n) is 18.0. The third kappa shape index (κ3) is 4.75. The summed E-state index contributed by atoms with van der Waals surface area (Å²) >= 11 is 0. The number of hydrogen-bond donors (Lipinski definition) is 1. The molecule has 1 amide bonds. The predicted octanol–water partition coefficient (Wildman–Crippen LogP) is 2.98. The van der Waals surface area contributed by atoms with E-state index in [0.717, 1.165) is 5.56 Å². The number of aromatic nitrogens is 6. The molecule has 0 spiro atoms. The topological polar surface area (TPSA) is 99.2 Å². The largest absolute Gasteiger partial charge is 0.475 e. The Hall–Kier alpha value is -4.60. The minimum Gasteiger partial charge on any atom is -0.475 e.